The molecular weight excluding hydrogens is 384 g/mol. The number of carbonyl (C=O) groups is 1. The highest BCUT2D eigenvalue weighted by Gasteiger charge is 2.29. The number of nitrogens with one attached hydrogen (secondary N) is 1. The highest BCUT2D eigenvalue weighted by atomic mass is 32.2. The third-order valence-corrected chi connectivity index (χ3v) is 7.56. The number of benzene rings is 2. The Bertz CT molecular complexity index is 1070. The topological polar surface area (TPSA) is 34.0 Å². The summed E-state index contributed by atoms with van der Waals surface area (Å²) in [7, 11) is 0. The Balaban J connectivity index is 1.53. The number of amides is 1. The number of hydrogen-bond acceptors (Lipinski definition) is 3. The summed E-state index contributed by atoms with van der Waals surface area (Å²) in [5.41, 5.74) is 3.84. The third kappa shape index (κ3) is 3.35. The Kier molecular flexibility index (Phi) is 4.89. The Morgan fingerprint density at radius 1 is 1.04 bits per heavy atom. The average molecular weight is 409 g/mol. The average Bonchev–Trinajstić information content (AvgIpc) is 3.19. The van der Waals surface area contributed by atoms with Crippen LogP contribution in [0.2, 0.25) is 0 Å². The van der Waals surface area contributed by atoms with Crippen LogP contribution in [0.5, 0.6) is 0 Å². The lowest BCUT2D eigenvalue weighted by atomic mass is 9.89. The molecule has 0 spiro atoms. The fourth-order valence-electron chi connectivity index (χ4n) is 4.79. The van der Waals surface area contributed by atoms with Gasteiger partial charge in [0.15, 0.2) is 0 Å². The van der Waals surface area contributed by atoms with Gasteiger partial charge in [0.05, 0.1) is 5.25 Å². The Morgan fingerprint density at radius 3 is 2.61 bits per heavy atom. The van der Waals surface area contributed by atoms with Gasteiger partial charge in [0.1, 0.15) is 4.32 Å². The molecule has 1 unspecified atom stereocenters. The molecule has 1 aromatic heterocycles. The van der Waals surface area contributed by atoms with Gasteiger partial charge in [-0.3, -0.25) is 4.79 Å². The summed E-state index contributed by atoms with van der Waals surface area (Å²) in [5.74, 6) is 0.821. The molecule has 28 heavy (non-hydrogen) atoms. The highest BCUT2D eigenvalue weighted by Crippen LogP contribution is 2.34. The van der Waals surface area contributed by atoms with Crippen LogP contribution in [-0.2, 0) is 17.8 Å². The molecule has 1 saturated carbocycles. The van der Waals surface area contributed by atoms with E-state index in [9.17, 15) is 4.79 Å². The number of nitrogens with zero attached hydrogens (tertiary/aromatic N) is 1. The van der Waals surface area contributed by atoms with Crippen molar-refractivity contribution >= 4 is 56.0 Å². The molecule has 3 aromatic rings. The molecule has 1 aliphatic carbocycles. The monoisotopic (exact) mass is 408 g/mol. The fraction of sp³-hybridized carbons (Fsp3) is 0.391. The Morgan fingerprint density at radius 2 is 1.82 bits per heavy atom. The fourth-order valence-corrected chi connectivity index (χ4v) is 6.10. The van der Waals surface area contributed by atoms with E-state index in [1.165, 1.54) is 71.2 Å². The molecule has 5 heteroatoms. The van der Waals surface area contributed by atoms with E-state index in [1.54, 1.807) is 0 Å². The van der Waals surface area contributed by atoms with Gasteiger partial charge in [-0.15, -0.1) is 0 Å². The summed E-state index contributed by atoms with van der Waals surface area (Å²) in [6.07, 6.45) is 7.54. The zero-order valence-electron chi connectivity index (χ0n) is 15.8. The lowest BCUT2D eigenvalue weighted by molar-refractivity contribution is -0.118. The van der Waals surface area contributed by atoms with E-state index in [0.29, 0.717) is 10.7 Å². The van der Waals surface area contributed by atoms with E-state index in [1.807, 2.05) is 0 Å². The lowest BCUT2D eigenvalue weighted by Crippen LogP contribution is -2.25. The van der Waals surface area contributed by atoms with Gasteiger partial charge in [-0.1, -0.05) is 67.5 Å². The summed E-state index contributed by atoms with van der Waals surface area (Å²) in [6, 6.07) is 15.5. The lowest BCUT2D eigenvalue weighted by Gasteiger charge is -2.23. The van der Waals surface area contributed by atoms with Gasteiger partial charge in [0, 0.05) is 28.4 Å². The zero-order valence-corrected chi connectivity index (χ0v) is 17.5. The number of para-hydroxylation sites is 1. The van der Waals surface area contributed by atoms with Crippen LogP contribution in [0.1, 0.15) is 37.7 Å². The normalized spacial score (nSPS) is 20.9. The molecule has 0 radical (unpaired) electrons. The number of fused-ring (bicyclic) bond motifs is 3. The Labute approximate surface area is 174 Å². The summed E-state index contributed by atoms with van der Waals surface area (Å²) >= 11 is 6.61. The number of thiocarbonyl (C=S) groups is 1. The second kappa shape index (κ2) is 7.53. The first-order chi connectivity index (χ1) is 13.7. The van der Waals surface area contributed by atoms with Gasteiger partial charge in [-0.25, -0.2) is 0 Å². The van der Waals surface area contributed by atoms with Crippen molar-refractivity contribution in [1.29, 1.82) is 0 Å². The molecule has 3 nitrogen and oxygen atoms in total. The van der Waals surface area contributed by atoms with E-state index in [2.05, 4.69) is 52.3 Å². The van der Waals surface area contributed by atoms with Crippen molar-refractivity contribution in [3.8, 4) is 0 Å². The molecule has 0 bridgehead atoms. The number of aromatic nitrogens is 1. The van der Waals surface area contributed by atoms with Gasteiger partial charge < -0.3 is 9.88 Å². The second-order valence-corrected chi connectivity index (χ2v) is 9.95. The molecule has 2 aliphatic rings. The maximum absolute atomic E-state index is 12.1. The van der Waals surface area contributed by atoms with Crippen molar-refractivity contribution in [2.45, 2.75) is 50.3 Å². The van der Waals surface area contributed by atoms with Crippen LogP contribution < -0.4 is 5.32 Å². The molecule has 2 aromatic carbocycles. The first-order valence-electron chi connectivity index (χ1n) is 10.2. The zero-order chi connectivity index (χ0) is 19.1. The first-order valence-corrected chi connectivity index (χ1v) is 11.5. The summed E-state index contributed by atoms with van der Waals surface area (Å²) in [6.45, 7) is 1.11. The third-order valence-electron chi connectivity index (χ3n) is 6.19. The largest absolute Gasteiger partial charge is 0.340 e. The molecule has 5 rings (SSSR count). The SMILES string of the molecule is O=C1NC(=S)SC1Cc1ccc2c(c1)c1ccccc1n2CC1CCCCC1. The van der Waals surface area contributed by atoms with Crippen LogP contribution in [-0.4, -0.2) is 20.0 Å². The van der Waals surface area contributed by atoms with E-state index in [-0.39, 0.29) is 11.2 Å². The summed E-state index contributed by atoms with van der Waals surface area (Å²) < 4.78 is 3.12. The van der Waals surface area contributed by atoms with E-state index in [4.69, 9.17) is 12.2 Å². The maximum atomic E-state index is 12.1. The van der Waals surface area contributed by atoms with Crippen LogP contribution in [0.25, 0.3) is 21.8 Å². The molecule has 144 valence electrons. The van der Waals surface area contributed by atoms with Crippen LogP contribution >= 0.6 is 24.0 Å². The number of hydrogen-bond donors (Lipinski definition) is 1. The van der Waals surface area contributed by atoms with Crippen molar-refractivity contribution < 1.29 is 4.79 Å². The quantitative estimate of drug-likeness (QED) is 0.584. The standard InChI is InChI=1S/C23H24N2OS2/c26-22-21(28-23(27)24-22)13-16-10-11-20-18(12-16)17-8-4-5-9-19(17)25(20)14-15-6-2-1-3-7-15/h4-5,8-12,15,21H,1-3,6-7,13-14H2,(H,24,26,27). The predicted molar refractivity (Wildman–Crippen MR) is 122 cm³/mol. The van der Waals surface area contributed by atoms with E-state index >= 15 is 0 Å². The number of carbonyl (C=O) groups excluding carboxylic acids is 1. The van der Waals surface area contributed by atoms with Crippen molar-refractivity contribution in [1.82, 2.24) is 9.88 Å². The molecule has 2 fully saturated rings. The van der Waals surface area contributed by atoms with Crippen molar-refractivity contribution in [2.75, 3.05) is 0 Å². The van der Waals surface area contributed by atoms with Gasteiger partial charge >= 0.3 is 0 Å². The smallest absolute Gasteiger partial charge is 0.239 e. The Hall–Kier alpha value is -1.85. The van der Waals surface area contributed by atoms with Gasteiger partial charge in [-0.05, 0) is 48.9 Å². The first kappa shape index (κ1) is 18.2. The molecular formula is C23H24N2OS2. The second-order valence-electron chi connectivity index (χ2n) is 8.07. The van der Waals surface area contributed by atoms with E-state index in [0.717, 1.165) is 12.5 Å². The minimum atomic E-state index is -0.111. The van der Waals surface area contributed by atoms with Gasteiger partial charge in [-0.2, -0.15) is 0 Å². The summed E-state index contributed by atoms with van der Waals surface area (Å²) in [4.78, 5) is 12.1. The maximum Gasteiger partial charge on any atom is 0.239 e. The van der Waals surface area contributed by atoms with Crippen LogP contribution in [0, 0.1) is 5.92 Å². The van der Waals surface area contributed by atoms with Crippen molar-refractivity contribution in [2.24, 2.45) is 5.92 Å². The van der Waals surface area contributed by atoms with Crippen LogP contribution in [0.15, 0.2) is 42.5 Å². The van der Waals surface area contributed by atoms with Crippen molar-refractivity contribution in [3.63, 3.8) is 0 Å². The van der Waals surface area contributed by atoms with Crippen LogP contribution in [0.3, 0.4) is 0 Å². The van der Waals surface area contributed by atoms with Gasteiger partial charge in [0.2, 0.25) is 5.91 Å². The minimum absolute atomic E-state index is 0.0369. The summed E-state index contributed by atoms with van der Waals surface area (Å²) in [5, 5.41) is 5.26. The molecule has 1 amide bonds. The highest BCUT2D eigenvalue weighted by molar-refractivity contribution is 8.24. The van der Waals surface area contributed by atoms with Crippen LogP contribution in [0.4, 0.5) is 0 Å². The molecule has 1 atom stereocenters. The molecule has 1 aliphatic heterocycles. The predicted octanol–water partition coefficient (Wildman–Crippen LogP) is 5.43. The number of rotatable bonds is 4. The molecule has 2 heterocycles. The minimum Gasteiger partial charge on any atom is -0.340 e. The molecule has 1 saturated heterocycles. The number of thioether (sulfide) groups is 1. The van der Waals surface area contributed by atoms with Gasteiger partial charge in [0.25, 0.3) is 0 Å². The van der Waals surface area contributed by atoms with E-state index < -0.39 is 0 Å². The van der Waals surface area contributed by atoms with Crippen molar-refractivity contribution in [3.05, 3.63) is 48.0 Å². The molecule has 1 N–H and O–H groups in total.